The lowest BCUT2D eigenvalue weighted by molar-refractivity contribution is 1.13. The molecule has 0 aliphatic rings. The quantitative estimate of drug-likeness (QED) is 0.190. The lowest BCUT2D eigenvalue weighted by Crippen LogP contribution is -2.00. The van der Waals surface area contributed by atoms with Crippen LogP contribution in [0.15, 0.2) is 164 Å². The van der Waals surface area contributed by atoms with Gasteiger partial charge in [0.1, 0.15) is 22.1 Å². The Morgan fingerprint density at radius 1 is 0.294 bits per heavy atom. The van der Waals surface area contributed by atoms with Gasteiger partial charge in [-0.3, -0.25) is 19.9 Å². The van der Waals surface area contributed by atoms with Crippen molar-refractivity contribution in [2.45, 2.75) is 0 Å². The van der Waals surface area contributed by atoms with Crippen LogP contribution in [-0.2, 0) is 0 Å². The molecule has 0 saturated carbocycles. The van der Waals surface area contributed by atoms with Gasteiger partial charge in [-0.1, -0.05) is 48.5 Å². The fourth-order valence-corrected chi connectivity index (χ4v) is 7.88. The van der Waals surface area contributed by atoms with Crippen LogP contribution in [0.25, 0.3) is 94.1 Å². The first-order valence-corrected chi connectivity index (χ1v) is 17.0. The van der Waals surface area contributed by atoms with Gasteiger partial charge in [-0.2, -0.15) is 0 Å². The maximum atomic E-state index is 4.76. The monoisotopic (exact) mass is 653 g/mol. The molecule has 7 heterocycles. The Morgan fingerprint density at radius 3 is 1.10 bits per heavy atom. The molecule has 0 atom stereocenters. The summed E-state index contributed by atoms with van der Waals surface area (Å²) < 4.78 is 6.90. The molecule has 11 rings (SSSR count). The Kier molecular flexibility index (Phi) is 5.83. The summed E-state index contributed by atoms with van der Waals surface area (Å²) in [5, 5.41) is 2.50. The van der Waals surface area contributed by atoms with Crippen LogP contribution in [0.5, 0.6) is 0 Å². The lowest BCUT2D eigenvalue weighted by atomic mass is 10.0. The predicted octanol–water partition coefficient (Wildman–Crippen LogP) is 10.2. The van der Waals surface area contributed by atoms with Gasteiger partial charge in [0, 0.05) is 52.6 Å². The van der Waals surface area contributed by atoms with Crippen molar-refractivity contribution in [3.8, 4) is 28.2 Å². The first-order valence-electron chi connectivity index (χ1n) is 17.0. The minimum absolute atomic E-state index is 0.876. The van der Waals surface area contributed by atoms with Crippen LogP contribution < -0.4 is 0 Å². The van der Waals surface area contributed by atoms with E-state index in [-0.39, 0.29) is 0 Å². The van der Waals surface area contributed by atoms with Crippen molar-refractivity contribution in [3.63, 3.8) is 0 Å². The molecule has 4 aromatic carbocycles. The van der Waals surface area contributed by atoms with E-state index in [0.29, 0.717) is 0 Å². The van der Waals surface area contributed by atoms with Crippen LogP contribution in [0.1, 0.15) is 0 Å². The molecular weight excluding hydrogens is 627 g/mol. The van der Waals surface area contributed by atoms with Crippen molar-refractivity contribution in [2.75, 3.05) is 0 Å². The molecule has 238 valence electrons. The Bertz CT molecular complexity index is 2850. The summed E-state index contributed by atoms with van der Waals surface area (Å²) in [7, 11) is 0. The summed E-state index contributed by atoms with van der Waals surface area (Å²) in [6.07, 6.45) is 7.33. The van der Waals surface area contributed by atoms with Crippen LogP contribution in [-0.4, -0.2) is 33.6 Å². The third-order valence-electron chi connectivity index (χ3n) is 10.0. The number of para-hydroxylation sites is 2. The number of aromatic nitrogens is 7. The third-order valence-corrected chi connectivity index (χ3v) is 10.0. The maximum Gasteiger partial charge on any atom is 0.115 e. The number of hydrogen-bond donors (Lipinski definition) is 0. The molecule has 7 aromatic heterocycles. The highest BCUT2D eigenvalue weighted by Gasteiger charge is 2.19. The van der Waals surface area contributed by atoms with Crippen molar-refractivity contribution < 1.29 is 0 Å². The molecule has 51 heavy (non-hydrogen) atoms. The van der Waals surface area contributed by atoms with Gasteiger partial charge in [-0.25, -0.2) is 0 Å². The molecule has 0 aliphatic carbocycles. The molecule has 0 radical (unpaired) electrons. The van der Waals surface area contributed by atoms with Gasteiger partial charge in [-0.15, -0.1) is 0 Å². The second-order valence-electron chi connectivity index (χ2n) is 12.8. The molecule has 0 fully saturated rings. The highest BCUT2D eigenvalue weighted by molar-refractivity contribution is 6.09. The SMILES string of the molecule is c1ccc2c(c1)c1ccccc1n2-c1ccc(-c2cc(-n3c4cccnc4c4ncccc43)cc(-n3c4cccnc4c4ncccc43)c2)cc1. The minimum atomic E-state index is 0.876. The van der Waals surface area contributed by atoms with E-state index >= 15 is 0 Å². The summed E-state index contributed by atoms with van der Waals surface area (Å²) in [6, 6.07) is 49.3. The fourth-order valence-electron chi connectivity index (χ4n) is 7.88. The van der Waals surface area contributed by atoms with Crippen molar-refractivity contribution in [1.82, 2.24) is 33.6 Å². The number of rotatable bonds is 4. The molecule has 0 bridgehead atoms. The zero-order chi connectivity index (χ0) is 33.5. The summed E-state index contributed by atoms with van der Waals surface area (Å²) >= 11 is 0. The van der Waals surface area contributed by atoms with E-state index in [9.17, 15) is 0 Å². The van der Waals surface area contributed by atoms with Crippen LogP contribution >= 0.6 is 0 Å². The van der Waals surface area contributed by atoms with Crippen LogP contribution in [0.2, 0.25) is 0 Å². The number of pyridine rings is 4. The van der Waals surface area contributed by atoms with Crippen molar-refractivity contribution in [2.24, 2.45) is 0 Å². The minimum Gasteiger partial charge on any atom is -0.309 e. The van der Waals surface area contributed by atoms with E-state index in [1.165, 1.54) is 21.8 Å². The smallest absolute Gasteiger partial charge is 0.115 e. The number of hydrogen-bond acceptors (Lipinski definition) is 4. The predicted molar refractivity (Wildman–Crippen MR) is 206 cm³/mol. The average Bonchev–Trinajstić information content (AvgIpc) is 3.84. The number of benzene rings is 4. The van der Waals surface area contributed by atoms with Gasteiger partial charge in [0.2, 0.25) is 0 Å². The number of fused-ring (bicyclic) bond motifs is 9. The Balaban J connectivity index is 1.17. The standard InChI is InChI=1S/C44H27N7/c1-3-11-35-33(9-1)34-10-2-4-12-36(34)49(35)30-19-17-28(18-20-30)29-25-31(50-37-13-5-21-45-41(37)42-38(50)14-6-22-46-42)27-32(26-29)51-39-15-7-23-47-43(39)44-40(51)16-8-24-48-44/h1-27H. The summed E-state index contributed by atoms with van der Waals surface area (Å²) in [5.74, 6) is 0. The first-order chi connectivity index (χ1) is 25.3. The topological polar surface area (TPSA) is 66.3 Å². The van der Waals surface area contributed by atoms with Crippen LogP contribution in [0.3, 0.4) is 0 Å². The summed E-state index contributed by atoms with van der Waals surface area (Å²) in [5.41, 5.74) is 15.2. The van der Waals surface area contributed by atoms with Gasteiger partial charge in [0.15, 0.2) is 0 Å². The largest absolute Gasteiger partial charge is 0.309 e. The number of nitrogens with zero attached hydrogens (tertiary/aromatic N) is 7. The molecular formula is C44H27N7. The summed E-state index contributed by atoms with van der Waals surface area (Å²) in [4.78, 5) is 19.0. The van der Waals surface area contributed by atoms with E-state index < -0.39 is 0 Å². The second kappa shape index (κ2) is 10.7. The first kappa shape index (κ1) is 27.8. The Morgan fingerprint density at radius 2 is 0.667 bits per heavy atom. The van der Waals surface area contributed by atoms with E-state index in [4.69, 9.17) is 19.9 Å². The molecule has 0 unspecified atom stereocenters. The molecule has 0 saturated heterocycles. The van der Waals surface area contributed by atoms with E-state index in [0.717, 1.165) is 72.3 Å². The summed E-state index contributed by atoms with van der Waals surface area (Å²) in [6.45, 7) is 0. The lowest BCUT2D eigenvalue weighted by Gasteiger charge is -2.16. The molecule has 0 spiro atoms. The van der Waals surface area contributed by atoms with Gasteiger partial charge < -0.3 is 13.7 Å². The highest BCUT2D eigenvalue weighted by atomic mass is 15.0. The Hall–Kier alpha value is -7.12. The zero-order valence-corrected chi connectivity index (χ0v) is 27.2. The third kappa shape index (κ3) is 4.06. The average molecular weight is 654 g/mol. The molecule has 0 aliphatic heterocycles. The van der Waals surface area contributed by atoms with Crippen molar-refractivity contribution in [3.05, 3.63) is 164 Å². The Labute approximate surface area is 291 Å². The van der Waals surface area contributed by atoms with Gasteiger partial charge >= 0.3 is 0 Å². The van der Waals surface area contributed by atoms with Crippen molar-refractivity contribution >= 4 is 65.9 Å². The zero-order valence-electron chi connectivity index (χ0n) is 27.2. The van der Waals surface area contributed by atoms with Gasteiger partial charge in [-0.05, 0) is 102 Å². The van der Waals surface area contributed by atoms with E-state index in [1.807, 2.05) is 49.1 Å². The van der Waals surface area contributed by atoms with Crippen LogP contribution in [0.4, 0.5) is 0 Å². The van der Waals surface area contributed by atoms with E-state index in [2.05, 4.69) is 129 Å². The van der Waals surface area contributed by atoms with Crippen molar-refractivity contribution in [1.29, 1.82) is 0 Å². The highest BCUT2D eigenvalue weighted by Crippen LogP contribution is 2.37. The second-order valence-corrected chi connectivity index (χ2v) is 12.8. The van der Waals surface area contributed by atoms with Gasteiger partial charge in [0.05, 0.1) is 33.1 Å². The normalized spacial score (nSPS) is 11.9. The maximum absolute atomic E-state index is 4.76. The molecule has 7 nitrogen and oxygen atoms in total. The molecule has 7 heteroatoms. The molecule has 0 amide bonds. The van der Waals surface area contributed by atoms with Crippen LogP contribution in [0, 0.1) is 0 Å². The molecule has 11 aromatic rings. The van der Waals surface area contributed by atoms with Gasteiger partial charge in [0.25, 0.3) is 0 Å². The van der Waals surface area contributed by atoms with E-state index in [1.54, 1.807) is 0 Å². The fraction of sp³-hybridized carbons (Fsp3) is 0. The molecule has 0 N–H and O–H groups in total.